The van der Waals surface area contributed by atoms with E-state index in [1.165, 1.54) is 0 Å². The minimum atomic E-state index is 0.608. The van der Waals surface area contributed by atoms with Gasteiger partial charge in [0.1, 0.15) is 11.5 Å². The molecule has 5 heteroatoms. The molecule has 2 N–H and O–H groups in total. The Balaban J connectivity index is 2.29. The van der Waals surface area contributed by atoms with Crippen LogP contribution in [0.2, 0.25) is 0 Å². The summed E-state index contributed by atoms with van der Waals surface area (Å²) in [5.74, 6) is 2.22. The maximum atomic E-state index is 5.89. The third kappa shape index (κ3) is 5.38. The second-order valence-corrected chi connectivity index (χ2v) is 4.29. The van der Waals surface area contributed by atoms with E-state index >= 15 is 0 Å². The van der Waals surface area contributed by atoms with Gasteiger partial charge in [-0.15, -0.1) is 0 Å². The lowest BCUT2D eigenvalue weighted by molar-refractivity contribution is 0.310. The molecule has 0 amide bonds. The number of nitrogens with zero attached hydrogens (tertiary/aromatic N) is 2. The molecule has 0 bridgehead atoms. The van der Waals surface area contributed by atoms with Crippen LogP contribution < -0.4 is 15.2 Å². The Morgan fingerprint density at radius 1 is 1.25 bits per heavy atom. The molecule has 0 aliphatic heterocycles. The van der Waals surface area contributed by atoms with Crippen molar-refractivity contribution in [2.24, 2.45) is 10.7 Å². The molecule has 1 aromatic carbocycles. The van der Waals surface area contributed by atoms with Gasteiger partial charge in [0.05, 0.1) is 13.7 Å². The van der Waals surface area contributed by atoms with Gasteiger partial charge in [0.25, 0.3) is 0 Å². The van der Waals surface area contributed by atoms with Crippen LogP contribution in [-0.4, -0.2) is 44.2 Å². The van der Waals surface area contributed by atoms with E-state index in [0.717, 1.165) is 31.0 Å². The fourth-order valence-electron chi connectivity index (χ4n) is 1.79. The van der Waals surface area contributed by atoms with Crippen LogP contribution in [0.1, 0.15) is 20.3 Å². The Morgan fingerprint density at radius 2 is 1.95 bits per heavy atom. The lowest BCUT2D eigenvalue weighted by Crippen LogP contribution is -2.37. The van der Waals surface area contributed by atoms with Crippen molar-refractivity contribution < 1.29 is 9.47 Å². The molecule has 5 nitrogen and oxygen atoms in total. The van der Waals surface area contributed by atoms with Gasteiger partial charge in [-0.05, 0) is 26.0 Å². The normalized spacial score (nSPS) is 11.2. The first kappa shape index (κ1) is 16.1. The fourth-order valence-corrected chi connectivity index (χ4v) is 1.79. The highest BCUT2D eigenvalue weighted by Gasteiger charge is 2.01. The predicted molar refractivity (Wildman–Crippen MR) is 82.5 cm³/mol. The molecule has 0 saturated heterocycles. The zero-order chi connectivity index (χ0) is 14.8. The van der Waals surface area contributed by atoms with E-state index in [-0.39, 0.29) is 0 Å². The number of hydrogen-bond acceptors (Lipinski definition) is 3. The van der Waals surface area contributed by atoms with Crippen LogP contribution in [0, 0.1) is 0 Å². The fraction of sp³-hybridized carbons (Fsp3) is 0.533. The van der Waals surface area contributed by atoms with Crippen molar-refractivity contribution in [3.8, 4) is 11.5 Å². The molecule has 1 rings (SSSR count). The minimum Gasteiger partial charge on any atom is -0.497 e. The van der Waals surface area contributed by atoms with E-state index in [1.807, 2.05) is 29.2 Å². The van der Waals surface area contributed by atoms with Gasteiger partial charge in [0.2, 0.25) is 0 Å². The van der Waals surface area contributed by atoms with Gasteiger partial charge in [-0.1, -0.05) is 6.07 Å². The topological polar surface area (TPSA) is 60.1 Å². The summed E-state index contributed by atoms with van der Waals surface area (Å²) < 4.78 is 10.8. The quantitative estimate of drug-likeness (QED) is 0.450. The van der Waals surface area contributed by atoms with Crippen molar-refractivity contribution in [3.63, 3.8) is 0 Å². The molecule has 0 unspecified atom stereocenters. The third-order valence-corrected chi connectivity index (χ3v) is 2.97. The summed E-state index contributed by atoms with van der Waals surface area (Å²) in [6, 6.07) is 7.58. The summed E-state index contributed by atoms with van der Waals surface area (Å²) >= 11 is 0. The van der Waals surface area contributed by atoms with Gasteiger partial charge < -0.3 is 20.1 Å². The van der Waals surface area contributed by atoms with Gasteiger partial charge in [0.15, 0.2) is 5.96 Å². The van der Waals surface area contributed by atoms with E-state index < -0.39 is 0 Å². The summed E-state index contributed by atoms with van der Waals surface area (Å²) in [6.45, 7) is 7.18. The molecule has 0 spiro atoms. The second kappa shape index (κ2) is 9.07. The zero-order valence-corrected chi connectivity index (χ0v) is 12.6. The lowest BCUT2D eigenvalue weighted by Gasteiger charge is -2.19. The first-order valence-corrected chi connectivity index (χ1v) is 7.03. The predicted octanol–water partition coefficient (Wildman–Crippen LogP) is 2.12. The Labute approximate surface area is 121 Å². The number of benzene rings is 1. The van der Waals surface area contributed by atoms with Crippen LogP contribution in [0.25, 0.3) is 0 Å². The van der Waals surface area contributed by atoms with Crippen LogP contribution in [-0.2, 0) is 0 Å². The van der Waals surface area contributed by atoms with Crippen LogP contribution in [0.4, 0.5) is 0 Å². The van der Waals surface area contributed by atoms with Crippen LogP contribution in [0.3, 0.4) is 0 Å². The van der Waals surface area contributed by atoms with Gasteiger partial charge in [-0.2, -0.15) is 0 Å². The van der Waals surface area contributed by atoms with Crippen LogP contribution in [0.15, 0.2) is 29.3 Å². The Morgan fingerprint density at radius 3 is 2.60 bits per heavy atom. The number of rotatable bonds is 8. The number of guanidine groups is 1. The second-order valence-electron chi connectivity index (χ2n) is 4.29. The maximum Gasteiger partial charge on any atom is 0.191 e. The molecule has 0 saturated carbocycles. The van der Waals surface area contributed by atoms with E-state index in [0.29, 0.717) is 19.1 Å². The summed E-state index contributed by atoms with van der Waals surface area (Å²) in [7, 11) is 1.64. The Hall–Kier alpha value is -1.91. The highest BCUT2D eigenvalue weighted by atomic mass is 16.5. The smallest absolute Gasteiger partial charge is 0.191 e. The standard InChI is InChI=1S/C15H25N3O2/c1-4-18(5-2)15(16)17-10-7-11-20-14-9-6-8-13(12-14)19-3/h6,8-9,12H,4-5,7,10-11H2,1-3H3,(H2,16,17). The van der Waals surface area contributed by atoms with Crippen molar-refractivity contribution in [1.29, 1.82) is 0 Å². The summed E-state index contributed by atoms with van der Waals surface area (Å²) in [5.41, 5.74) is 5.89. The van der Waals surface area contributed by atoms with Gasteiger partial charge in [0, 0.05) is 32.1 Å². The SMILES string of the molecule is CCN(CC)C(N)=NCCCOc1cccc(OC)c1. The first-order chi connectivity index (χ1) is 9.71. The number of hydrogen-bond donors (Lipinski definition) is 1. The number of methoxy groups -OCH3 is 1. The zero-order valence-electron chi connectivity index (χ0n) is 12.6. The van der Waals surface area contributed by atoms with Gasteiger partial charge in [-0.3, -0.25) is 4.99 Å². The molecular weight excluding hydrogens is 254 g/mol. The molecule has 0 aliphatic carbocycles. The molecule has 0 radical (unpaired) electrons. The average molecular weight is 279 g/mol. The Kier molecular flexibility index (Phi) is 7.32. The van der Waals surface area contributed by atoms with Crippen LogP contribution >= 0.6 is 0 Å². The van der Waals surface area contributed by atoms with Crippen molar-refractivity contribution in [2.45, 2.75) is 20.3 Å². The van der Waals surface area contributed by atoms with Crippen LogP contribution in [0.5, 0.6) is 11.5 Å². The van der Waals surface area contributed by atoms with Gasteiger partial charge in [-0.25, -0.2) is 0 Å². The molecule has 20 heavy (non-hydrogen) atoms. The number of ether oxygens (including phenoxy) is 2. The van der Waals surface area contributed by atoms with E-state index in [2.05, 4.69) is 18.8 Å². The number of nitrogens with two attached hydrogens (primary N) is 1. The molecule has 0 atom stereocenters. The summed E-state index contributed by atoms with van der Waals surface area (Å²) in [5, 5.41) is 0. The van der Waals surface area contributed by atoms with Crippen molar-refractivity contribution >= 4 is 5.96 Å². The molecule has 0 heterocycles. The van der Waals surface area contributed by atoms with Crippen molar-refractivity contribution in [2.75, 3.05) is 33.4 Å². The van der Waals surface area contributed by atoms with Gasteiger partial charge >= 0.3 is 0 Å². The summed E-state index contributed by atoms with van der Waals surface area (Å²) in [4.78, 5) is 6.38. The van der Waals surface area contributed by atoms with Crippen molar-refractivity contribution in [3.05, 3.63) is 24.3 Å². The number of aliphatic imine (C=N–C) groups is 1. The minimum absolute atomic E-state index is 0.608. The molecular formula is C15H25N3O2. The third-order valence-electron chi connectivity index (χ3n) is 2.97. The molecule has 1 aromatic rings. The molecule has 0 aliphatic rings. The first-order valence-electron chi connectivity index (χ1n) is 7.03. The monoisotopic (exact) mass is 279 g/mol. The molecule has 112 valence electrons. The highest BCUT2D eigenvalue weighted by molar-refractivity contribution is 5.77. The van der Waals surface area contributed by atoms with E-state index in [4.69, 9.17) is 15.2 Å². The van der Waals surface area contributed by atoms with Crippen molar-refractivity contribution in [1.82, 2.24) is 4.90 Å². The van der Waals surface area contributed by atoms with E-state index in [9.17, 15) is 0 Å². The van der Waals surface area contributed by atoms with E-state index in [1.54, 1.807) is 7.11 Å². The molecule has 0 fully saturated rings. The average Bonchev–Trinajstić information content (AvgIpc) is 2.48. The maximum absolute atomic E-state index is 5.89. The lowest BCUT2D eigenvalue weighted by atomic mass is 10.3. The largest absolute Gasteiger partial charge is 0.497 e. The highest BCUT2D eigenvalue weighted by Crippen LogP contribution is 2.18. The Bertz CT molecular complexity index is 417. The molecule has 0 aromatic heterocycles. The summed E-state index contributed by atoms with van der Waals surface area (Å²) in [6.07, 6.45) is 0.833.